The monoisotopic (exact) mass is 264 g/mol. The molecule has 1 aromatic carbocycles. The van der Waals surface area contributed by atoms with E-state index in [1.165, 1.54) is 24.5 Å². The van der Waals surface area contributed by atoms with Crippen LogP contribution >= 0.6 is 0 Å². The Balaban J connectivity index is 2.53. The zero-order valence-electron chi connectivity index (χ0n) is 10.0. The molecule has 0 spiro atoms. The van der Waals surface area contributed by atoms with Crippen molar-refractivity contribution in [1.82, 2.24) is 0 Å². The maximum absolute atomic E-state index is 11.4. The van der Waals surface area contributed by atoms with Gasteiger partial charge in [0.15, 0.2) is 0 Å². The van der Waals surface area contributed by atoms with E-state index in [9.17, 15) is 20.1 Å². The van der Waals surface area contributed by atoms with Crippen molar-refractivity contribution >= 4 is 5.97 Å². The molecular formula is C13H12O6. The molecule has 0 bridgehead atoms. The van der Waals surface area contributed by atoms with Crippen LogP contribution in [0.5, 0.6) is 11.5 Å². The van der Waals surface area contributed by atoms with Gasteiger partial charge in [0, 0.05) is 0 Å². The van der Waals surface area contributed by atoms with Crippen molar-refractivity contribution < 1.29 is 29.3 Å². The highest BCUT2D eigenvalue weighted by molar-refractivity contribution is 5.93. The molecule has 0 aliphatic heterocycles. The lowest BCUT2D eigenvalue weighted by molar-refractivity contribution is 0.0596. The predicted molar refractivity (Wildman–Crippen MR) is 63.9 cm³/mol. The van der Waals surface area contributed by atoms with Crippen LogP contribution < -0.4 is 0 Å². The van der Waals surface area contributed by atoms with E-state index >= 15 is 0 Å². The number of aromatic hydroxyl groups is 2. The van der Waals surface area contributed by atoms with E-state index < -0.39 is 17.8 Å². The van der Waals surface area contributed by atoms with Crippen LogP contribution in [0.25, 0.3) is 0 Å². The molecule has 2 rings (SSSR count). The van der Waals surface area contributed by atoms with Gasteiger partial charge in [-0.3, -0.25) is 0 Å². The number of hydrogen-bond donors (Lipinski definition) is 3. The van der Waals surface area contributed by atoms with Gasteiger partial charge in [-0.1, -0.05) is 0 Å². The molecule has 0 saturated heterocycles. The maximum Gasteiger partial charge on any atom is 0.341 e. The topological polar surface area (TPSA) is 100 Å². The number of hydrogen-bond acceptors (Lipinski definition) is 6. The predicted octanol–water partition coefficient (Wildman–Crippen LogP) is 1.56. The van der Waals surface area contributed by atoms with Crippen molar-refractivity contribution in [3.05, 3.63) is 47.4 Å². The van der Waals surface area contributed by atoms with Crippen molar-refractivity contribution in [3.63, 3.8) is 0 Å². The number of phenolic OH excluding ortho intramolecular Hbond substituents is 2. The summed E-state index contributed by atoms with van der Waals surface area (Å²) in [7, 11) is 1.16. The second kappa shape index (κ2) is 5.03. The number of phenols is 2. The van der Waals surface area contributed by atoms with E-state index in [0.29, 0.717) is 0 Å². The Morgan fingerprint density at radius 3 is 2.63 bits per heavy atom. The molecule has 2 aromatic rings. The van der Waals surface area contributed by atoms with E-state index in [1.807, 2.05) is 0 Å². The molecule has 0 aliphatic rings. The summed E-state index contributed by atoms with van der Waals surface area (Å²) in [6.07, 6.45) is -0.0452. The summed E-state index contributed by atoms with van der Waals surface area (Å²) in [5, 5.41) is 29.8. The normalized spacial score (nSPS) is 12.1. The lowest BCUT2D eigenvalue weighted by Gasteiger charge is -2.14. The molecule has 0 aliphatic carbocycles. The number of aliphatic hydroxyl groups is 1. The van der Waals surface area contributed by atoms with Crippen LogP contribution in [0.15, 0.2) is 34.9 Å². The molecule has 6 heteroatoms. The van der Waals surface area contributed by atoms with Crippen molar-refractivity contribution in [2.75, 3.05) is 7.11 Å². The molecule has 3 N–H and O–H groups in total. The fourth-order valence-electron chi connectivity index (χ4n) is 1.73. The van der Waals surface area contributed by atoms with Gasteiger partial charge in [-0.05, 0) is 24.3 Å². The summed E-state index contributed by atoms with van der Waals surface area (Å²) in [5.74, 6) is -1.54. The Bertz CT molecular complexity index is 587. The number of carbonyl (C=O) groups is 1. The molecule has 1 unspecified atom stereocenters. The lowest BCUT2D eigenvalue weighted by atomic mass is 10.0. The third-order valence-electron chi connectivity index (χ3n) is 2.69. The summed E-state index contributed by atoms with van der Waals surface area (Å²) < 4.78 is 9.49. The van der Waals surface area contributed by atoms with Crippen LogP contribution in [0.3, 0.4) is 0 Å². The Kier molecular flexibility index (Phi) is 3.43. The summed E-state index contributed by atoms with van der Waals surface area (Å²) in [4.78, 5) is 11.4. The molecule has 0 radical (unpaired) electrons. The maximum atomic E-state index is 11.4. The van der Waals surface area contributed by atoms with Crippen LogP contribution in [-0.4, -0.2) is 28.4 Å². The molecule has 1 aromatic heterocycles. The minimum absolute atomic E-state index is 0.132. The summed E-state index contributed by atoms with van der Waals surface area (Å²) in [6, 6.07) is 5.42. The summed E-state index contributed by atoms with van der Waals surface area (Å²) >= 11 is 0. The smallest absolute Gasteiger partial charge is 0.341 e. The highest BCUT2D eigenvalue weighted by Crippen LogP contribution is 2.38. The first kappa shape index (κ1) is 13.0. The zero-order chi connectivity index (χ0) is 14.0. The van der Waals surface area contributed by atoms with E-state index in [1.54, 1.807) is 6.07 Å². The van der Waals surface area contributed by atoms with Crippen LogP contribution in [0.1, 0.15) is 27.8 Å². The van der Waals surface area contributed by atoms with Crippen molar-refractivity contribution in [2.45, 2.75) is 6.10 Å². The summed E-state index contributed by atoms with van der Waals surface area (Å²) in [6.45, 7) is 0. The molecule has 0 amide bonds. The molecule has 1 atom stereocenters. The van der Waals surface area contributed by atoms with Gasteiger partial charge in [0.1, 0.15) is 28.9 Å². The van der Waals surface area contributed by atoms with Gasteiger partial charge >= 0.3 is 5.97 Å². The van der Waals surface area contributed by atoms with E-state index in [2.05, 4.69) is 4.74 Å². The molecular weight excluding hydrogens is 252 g/mol. The minimum atomic E-state index is -1.39. The number of aliphatic hydroxyl groups excluding tert-OH is 1. The Hall–Kier alpha value is -2.47. The van der Waals surface area contributed by atoms with Crippen LogP contribution in [0, 0.1) is 0 Å². The molecule has 1 heterocycles. The van der Waals surface area contributed by atoms with Gasteiger partial charge in [-0.2, -0.15) is 0 Å². The van der Waals surface area contributed by atoms with Crippen molar-refractivity contribution in [3.8, 4) is 11.5 Å². The zero-order valence-corrected chi connectivity index (χ0v) is 10.0. The SMILES string of the molecule is COC(=O)c1ccc(O)c(C(O)c2ccco2)c1O. The number of carbonyl (C=O) groups excluding carboxylic acids is 1. The molecule has 19 heavy (non-hydrogen) atoms. The molecule has 0 fully saturated rings. The molecule has 0 saturated carbocycles. The molecule has 100 valence electrons. The highest BCUT2D eigenvalue weighted by Gasteiger charge is 2.25. The largest absolute Gasteiger partial charge is 0.507 e. The fourth-order valence-corrected chi connectivity index (χ4v) is 1.73. The number of methoxy groups -OCH3 is 1. The first-order chi connectivity index (χ1) is 9.06. The average Bonchev–Trinajstić information content (AvgIpc) is 2.91. The number of rotatable bonds is 3. The third-order valence-corrected chi connectivity index (χ3v) is 2.69. The van der Waals surface area contributed by atoms with E-state index in [-0.39, 0.29) is 22.6 Å². The van der Waals surface area contributed by atoms with Gasteiger partial charge < -0.3 is 24.5 Å². The van der Waals surface area contributed by atoms with Crippen LogP contribution in [-0.2, 0) is 4.74 Å². The number of esters is 1. The Labute approximate surface area is 108 Å². The quantitative estimate of drug-likeness (QED) is 0.727. The fraction of sp³-hybridized carbons (Fsp3) is 0.154. The standard InChI is InChI=1S/C13H12O6/c1-18-13(17)7-4-5-8(14)10(11(7)15)12(16)9-3-2-6-19-9/h2-6,12,14-16H,1H3. The van der Waals surface area contributed by atoms with Gasteiger partial charge in [0.2, 0.25) is 0 Å². The Morgan fingerprint density at radius 1 is 1.32 bits per heavy atom. The first-order valence-electron chi connectivity index (χ1n) is 5.41. The van der Waals surface area contributed by atoms with Gasteiger partial charge in [-0.25, -0.2) is 4.79 Å². The van der Waals surface area contributed by atoms with Crippen molar-refractivity contribution in [1.29, 1.82) is 0 Å². The highest BCUT2D eigenvalue weighted by atomic mass is 16.5. The Morgan fingerprint density at radius 2 is 2.05 bits per heavy atom. The summed E-state index contributed by atoms with van der Waals surface area (Å²) in [5.41, 5.74) is -0.362. The van der Waals surface area contributed by atoms with Crippen LogP contribution in [0.2, 0.25) is 0 Å². The van der Waals surface area contributed by atoms with Gasteiger partial charge in [0.25, 0.3) is 0 Å². The number of ether oxygens (including phenoxy) is 1. The minimum Gasteiger partial charge on any atom is -0.507 e. The second-order valence-electron chi connectivity index (χ2n) is 3.80. The van der Waals surface area contributed by atoms with E-state index in [0.717, 1.165) is 7.11 Å². The van der Waals surface area contributed by atoms with E-state index in [4.69, 9.17) is 4.42 Å². The first-order valence-corrected chi connectivity index (χ1v) is 5.41. The van der Waals surface area contributed by atoms with Crippen molar-refractivity contribution in [2.24, 2.45) is 0 Å². The second-order valence-corrected chi connectivity index (χ2v) is 3.80. The number of furan rings is 1. The number of benzene rings is 1. The lowest BCUT2D eigenvalue weighted by Crippen LogP contribution is -2.06. The average molecular weight is 264 g/mol. The van der Waals surface area contributed by atoms with Crippen LogP contribution in [0.4, 0.5) is 0 Å². The molecule has 6 nitrogen and oxygen atoms in total. The van der Waals surface area contributed by atoms with Gasteiger partial charge in [0.05, 0.1) is 18.9 Å². The third kappa shape index (κ3) is 2.25. The van der Waals surface area contributed by atoms with Gasteiger partial charge in [-0.15, -0.1) is 0 Å².